The van der Waals surface area contributed by atoms with Crippen LogP contribution in [-0.4, -0.2) is 13.3 Å². The minimum atomic E-state index is -3.83. The quantitative estimate of drug-likeness (QED) is 0.609. The second-order valence-corrected chi connectivity index (χ2v) is 7.86. The van der Waals surface area contributed by atoms with Crippen molar-refractivity contribution in [1.29, 1.82) is 0 Å². The van der Waals surface area contributed by atoms with E-state index >= 15 is 0 Å². The minimum absolute atomic E-state index is 0.0546. The maximum Gasteiger partial charge on any atom is 0.289 e. The molecule has 0 aromatic heterocycles. The Bertz CT molecular complexity index is 849. The lowest BCUT2D eigenvalue weighted by molar-refractivity contribution is -0.384. The standard InChI is InChI=1S/C16H17ClN2O4S/c1-11(2)9-12-3-6-14(7-4-12)24(22,23)18-13-5-8-15(17)16(10-13)19(20)21/h3-8,10-11,18H,9H2,1-2H3. The van der Waals surface area contributed by atoms with Gasteiger partial charge in [-0.1, -0.05) is 37.6 Å². The van der Waals surface area contributed by atoms with E-state index in [1.165, 1.54) is 24.3 Å². The van der Waals surface area contributed by atoms with Crippen LogP contribution in [0.25, 0.3) is 0 Å². The van der Waals surface area contributed by atoms with Crippen molar-refractivity contribution < 1.29 is 13.3 Å². The van der Waals surface area contributed by atoms with Crippen LogP contribution < -0.4 is 4.72 Å². The lowest BCUT2D eigenvalue weighted by atomic mass is 10.0. The summed E-state index contributed by atoms with van der Waals surface area (Å²) < 4.78 is 27.1. The van der Waals surface area contributed by atoms with E-state index in [0.29, 0.717) is 5.92 Å². The summed E-state index contributed by atoms with van der Waals surface area (Å²) in [5, 5.41) is 10.8. The van der Waals surface area contributed by atoms with Crippen LogP contribution in [0.4, 0.5) is 11.4 Å². The van der Waals surface area contributed by atoms with Gasteiger partial charge in [-0.3, -0.25) is 14.8 Å². The molecule has 0 aliphatic carbocycles. The van der Waals surface area contributed by atoms with Crippen molar-refractivity contribution in [3.8, 4) is 0 Å². The number of nitro groups is 1. The molecule has 0 radical (unpaired) electrons. The molecule has 0 fully saturated rings. The molecule has 0 bridgehead atoms. The third-order valence-corrected chi connectivity index (χ3v) is 4.99. The Morgan fingerprint density at radius 2 is 1.79 bits per heavy atom. The number of nitrogens with one attached hydrogen (secondary N) is 1. The van der Waals surface area contributed by atoms with E-state index in [1.807, 2.05) is 0 Å². The summed E-state index contributed by atoms with van der Waals surface area (Å²) in [6, 6.07) is 10.3. The molecule has 0 aliphatic rings. The molecule has 2 aromatic rings. The van der Waals surface area contributed by atoms with Crippen molar-refractivity contribution in [3.63, 3.8) is 0 Å². The number of nitrogens with zero attached hydrogens (tertiary/aromatic N) is 1. The van der Waals surface area contributed by atoms with E-state index < -0.39 is 14.9 Å². The zero-order chi connectivity index (χ0) is 17.9. The molecule has 0 saturated carbocycles. The van der Waals surface area contributed by atoms with Gasteiger partial charge >= 0.3 is 0 Å². The van der Waals surface area contributed by atoms with Gasteiger partial charge in [-0.25, -0.2) is 8.42 Å². The largest absolute Gasteiger partial charge is 0.289 e. The normalized spacial score (nSPS) is 11.5. The second kappa shape index (κ2) is 7.19. The lowest BCUT2D eigenvalue weighted by Gasteiger charge is -2.10. The van der Waals surface area contributed by atoms with Crippen molar-refractivity contribution in [3.05, 3.63) is 63.2 Å². The number of sulfonamides is 1. The van der Waals surface area contributed by atoms with Gasteiger partial charge in [0.25, 0.3) is 15.7 Å². The van der Waals surface area contributed by atoms with Crippen LogP contribution in [0.3, 0.4) is 0 Å². The smallest absolute Gasteiger partial charge is 0.279 e. The van der Waals surface area contributed by atoms with Gasteiger partial charge in [0.05, 0.1) is 15.5 Å². The Balaban J connectivity index is 2.25. The van der Waals surface area contributed by atoms with Crippen LogP contribution in [0.15, 0.2) is 47.4 Å². The molecule has 8 heteroatoms. The van der Waals surface area contributed by atoms with Gasteiger partial charge in [0.2, 0.25) is 0 Å². The SMILES string of the molecule is CC(C)Cc1ccc(S(=O)(=O)Nc2ccc(Cl)c([N+](=O)[O-])c2)cc1. The summed E-state index contributed by atoms with van der Waals surface area (Å²) >= 11 is 5.72. The first kappa shape index (κ1) is 18.2. The molecule has 2 rings (SSSR count). The van der Waals surface area contributed by atoms with Crippen molar-refractivity contribution in [2.75, 3.05) is 4.72 Å². The van der Waals surface area contributed by atoms with Gasteiger partial charge in [0, 0.05) is 6.07 Å². The van der Waals surface area contributed by atoms with Crippen LogP contribution in [0.2, 0.25) is 5.02 Å². The van der Waals surface area contributed by atoms with Gasteiger partial charge in [-0.05, 0) is 42.2 Å². The number of nitro benzene ring substituents is 1. The molecule has 0 unspecified atom stereocenters. The fourth-order valence-electron chi connectivity index (χ4n) is 2.21. The maximum absolute atomic E-state index is 12.4. The van der Waals surface area contributed by atoms with Gasteiger partial charge in [0.1, 0.15) is 5.02 Å². The topological polar surface area (TPSA) is 89.3 Å². The average Bonchev–Trinajstić information content (AvgIpc) is 2.48. The molecule has 0 heterocycles. The molecule has 6 nitrogen and oxygen atoms in total. The molecule has 0 saturated heterocycles. The van der Waals surface area contributed by atoms with Crippen LogP contribution >= 0.6 is 11.6 Å². The van der Waals surface area contributed by atoms with Crippen molar-refractivity contribution in [2.45, 2.75) is 25.2 Å². The molecule has 0 amide bonds. The highest BCUT2D eigenvalue weighted by Gasteiger charge is 2.18. The first-order chi connectivity index (χ1) is 11.2. The first-order valence-corrected chi connectivity index (χ1v) is 9.11. The summed E-state index contributed by atoms with van der Waals surface area (Å²) in [5.74, 6) is 0.472. The summed E-state index contributed by atoms with van der Waals surface area (Å²) in [5.41, 5.74) is 0.771. The predicted molar refractivity (Wildman–Crippen MR) is 93.9 cm³/mol. The molecule has 128 valence electrons. The zero-order valence-electron chi connectivity index (χ0n) is 13.2. The van der Waals surface area contributed by atoms with Gasteiger partial charge in [0.15, 0.2) is 0 Å². The fourth-order valence-corrected chi connectivity index (χ4v) is 3.44. The summed E-state index contributed by atoms with van der Waals surface area (Å²) in [6.07, 6.45) is 0.858. The van der Waals surface area contributed by atoms with Crippen molar-refractivity contribution >= 4 is 33.0 Å². The molecule has 0 spiro atoms. The molecular formula is C16H17ClN2O4S. The number of rotatable bonds is 6. The van der Waals surface area contributed by atoms with Crippen molar-refractivity contribution in [1.82, 2.24) is 0 Å². The van der Waals surface area contributed by atoms with Crippen LogP contribution in [-0.2, 0) is 16.4 Å². The average molecular weight is 369 g/mol. The highest BCUT2D eigenvalue weighted by molar-refractivity contribution is 7.92. The van der Waals surface area contributed by atoms with E-state index in [4.69, 9.17) is 11.6 Å². The van der Waals surface area contributed by atoms with E-state index in [1.54, 1.807) is 12.1 Å². The third kappa shape index (κ3) is 4.46. The highest BCUT2D eigenvalue weighted by atomic mass is 35.5. The van der Waals surface area contributed by atoms with Crippen molar-refractivity contribution in [2.24, 2.45) is 5.92 Å². The minimum Gasteiger partial charge on any atom is -0.279 e. The zero-order valence-corrected chi connectivity index (χ0v) is 14.8. The fraction of sp³-hybridized carbons (Fsp3) is 0.250. The van der Waals surface area contributed by atoms with Crippen LogP contribution in [0, 0.1) is 16.0 Å². The van der Waals surface area contributed by atoms with E-state index in [2.05, 4.69) is 18.6 Å². The third-order valence-electron chi connectivity index (χ3n) is 3.27. The molecule has 1 N–H and O–H groups in total. The highest BCUT2D eigenvalue weighted by Crippen LogP contribution is 2.28. The van der Waals surface area contributed by atoms with Gasteiger partial charge < -0.3 is 0 Å². The monoisotopic (exact) mass is 368 g/mol. The molecule has 0 atom stereocenters. The first-order valence-electron chi connectivity index (χ1n) is 7.25. The number of halogens is 1. The Hall–Kier alpha value is -2.12. The Morgan fingerprint density at radius 1 is 1.17 bits per heavy atom. The maximum atomic E-state index is 12.4. The Morgan fingerprint density at radius 3 is 2.33 bits per heavy atom. The Labute approximate surface area is 145 Å². The molecule has 0 aliphatic heterocycles. The second-order valence-electron chi connectivity index (χ2n) is 5.77. The number of benzene rings is 2. The van der Waals surface area contributed by atoms with E-state index in [0.717, 1.165) is 18.1 Å². The molecular weight excluding hydrogens is 352 g/mol. The van der Waals surface area contributed by atoms with Crippen LogP contribution in [0.5, 0.6) is 0 Å². The van der Waals surface area contributed by atoms with Crippen LogP contribution in [0.1, 0.15) is 19.4 Å². The summed E-state index contributed by atoms with van der Waals surface area (Å²) in [6.45, 7) is 4.17. The van der Waals surface area contributed by atoms with E-state index in [-0.39, 0.29) is 21.3 Å². The summed E-state index contributed by atoms with van der Waals surface area (Å²) in [7, 11) is -3.83. The molecule has 24 heavy (non-hydrogen) atoms. The number of hydrogen-bond donors (Lipinski definition) is 1. The van der Waals surface area contributed by atoms with Gasteiger partial charge in [-0.15, -0.1) is 0 Å². The van der Waals surface area contributed by atoms with E-state index in [9.17, 15) is 18.5 Å². The number of anilines is 1. The predicted octanol–water partition coefficient (Wildman–Crippen LogP) is 4.25. The lowest BCUT2D eigenvalue weighted by Crippen LogP contribution is -2.13. The number of hydrogen-bond acceptors (Lipinski definition) is 4. The Kier molecular flexibility index (Phi) is 5.46. The summed E-state index contributed by atoms with van der Waals surface area (Å²) in [4.78, 5) is 10.3. The van der Waals surface area contributed by atoms with Gasteiger partial charge in [-0.2, -0.15) is 0 Å². The molecule has 2 aromatic carbocycles.